The van der Waals surface area contributed by atoms with Gasteiger partial charge < -0.3 is 15.2 Å². The molecule has 0 aliphatic carbocycles. The number of hydrogen-bond donors (Lipinski definition) is 2. The highest BCUT2D eigenvalue weighted by Crippen LogP contribution is 2.14. The number of nitrogens with one attached hydrogen (secondary N) is 2. The van der Waals surface area contributed by atoms with Crippen LogP contribution >= 0.6 is 11.6 Å². The van der Waals surface area contributed by atoms with Crippen molar-refractivity contribution in [2.45, 2.75) is 19.4 Å². The molecule has 6 heteroatoms. The van der Waals surface area contributed by atoms with Crippen molar-refractivity contribution in [2.24, 2.45) is 0 Å². The lowest BCUT2D eigenvalue weighted by molar-refractivity contribution is 0.391. The van der Waals surface area contributed by atoms with E-state index in [2.05, 4.69) is 34.3 Å². The summed E-state index contributed by atoms with van der Waals surface area (Å²) in [4.78, 5) is 21.4. The van der Waals surface area contributed by atoms with E-state index in [9.17, 15) is 4.79 Å². The molecule has 114 valence electrons. The number of aromatic nitrogens is 2. The zero-order chi connectivity index (χ0) is 15.2. The van der Waals surface area contributed by atoms with Crippen LogP contribution in [-0.4, -0.2) is 42.1 Å². The summed E-state index contributed by atoms with van der Waals surface area (Å²) in [7, 11) is 4.14. The number of aromatic amines is 1. The van der Waals surface area contributed by atoms with E-state index in [-0.39, 0.29) is 5.56 Å². The van der Waals surface area contributed by atoms with Crippen LogP contribution in [0.25, 0.3) is 10.9 Å². The normalized spacial score (nSPS) is 11.4. The van der Waals surface area contributed by atoms with Crippen LogP contribution in [0.15, 0.2) is 23.0 Å². The number of nitrogens with zero attached hydrogens (tertiary/aromatic N) is 2. The van der Waals surface area contributed by atoms with Crippen LogP contribution < -0.4 is 10.9 Å². The molecule has 1 aromatic heterocycles. The Bertz CT molecular complexity index is 654. The van der Waals surface area contributed by atoms with Crippen LogP contribution in [0.1, 0.15) is 18.7 Å². The van der Waals surface area contributed by atoms with Crippen molar-refractivity contribution in [2.75, 3.05) is 27.2 Å². The first-order valence-corrected chi connectivity index (χ1v) is 7.48. The molecule has 0 spiro atoms. The molecule has 0 aliphatic heterocycles. The summed E-state index contributed by atoms with van der Waals surface area (Å²) >= 11 is 5.94. The highest BCUT2D eigenvalue weighted by atomic mass is 35.5. The summed E-state index contributed by atoms with van der Waals surface area (Å²) in [6.45, 7) is 2.55. The van der Waals surface area contributed by atoms with E-state index in [1.54, 1.807) is 18.2 Å². The third-order valence-electron chi connectivity index (χ3n) is 3.22. The number of H-pyrrole nitrogens is 1. The van der Waals surface area contributed by atoms with Gasteiger partial charge in [0.25, 0.3) is 5.56 Å². The molecule has 2 rings (SSSR count). The van der Waals surface area contributed by atoms with Gasteiger partial charge in [0.1, 0.15) is 5.82 Å². The first-order valence-electron chi connectivity index (χ1n) is 7.10. The molecular formula is C15H21ClN4O. The molecule has 1 aromatic carbocycles. The number of unbranched alkanes of at least 4 members (excludes halogenated alkanes) is 1. The molecule has 0 bridgehead atoms. The summed E-state index contributed by atoms with van der Waals surface area (Å²) in [6.07, 6.45) is 2.25. The molecule has 0 atom stereocenters. The molecule has 0 saturated carbocycles. The summed E-state index contributed by atoms with van der Waals surface area (Å²) in [5, 5.41) is 4.45. The van der Waals surface area contributed by atoms with Crippen molar-refractivity contribution in [3.63, 3.8) is 0 Å². The minimum Gasteiger partial charge on any atom is -0.310 e. The molecule has 0 fully saturated rings. The fraction of sp³-hybridized carbons (Fsp3) is 0.467. The molecular weight excluding hydrogens is 288 g/mol. The van der Waals surface area contributed by atoms with E-state index in [4.69, 9.17) is 11.6 Å². The maximum absolute atomic E-state index is 11.9. The van der Waals surface area contributed by atoms with Crippen LogP contribution in [0.5, 0.6) is 0 Å². The van der Waals surface area contributed by atoms with Gasteiger partial charge in [-0.3, -0.25) is 4.79 Å². The van der Waals surface area contributed by atoms with Crippen molar-refractivity contribution < 1.29 is 0 Å². The van der Waals surface area contributed by atoms with Crippen molar-refractivity contribution >= 4 is 22.5 Å². The van der Waals surface area contributed by atoms with E-state index in [1.807, 2.05) is 0 Å². The van der Waals surface area contributed by atoms with Gasteiger partial charge in [-0.25, -0.2) is 4.98 Å². The summed E-state index contributed by atoms with van der Waals surface area (Å²) in [6, 6.07) is 5.11. The highest BCUT2D eigenvalue weighted by molar-refractivity contribution is 6.31. The van der Waals surface area contributed by atoms with Crippen molar-refractivity contribution in [3.05, 3.63) is 39.4 Å². The number of fused-ring (bicyclic) bond motifs is 1. The Labute approximate surface area is 129 Å². The van der Waals surface area contributed by atoms with Gasteiger partial charge in [0.05, 0.1) is 17.4 Å². The largest absolute Gasteiger partial charge is 0.310 e. The molecule has 2 aromatic rings. The van der Waals surface area contributed by atoms with Gasteiger partial charge in [0.2, 0.25) is 0 Å². The molecule has 0 aliphatic rings. The van der Waals surface area contributed by atoms with Crippen molar-refractivity contribution in [3.8, 4) is 0 Å². The lowest BCUT2D eigenvalue weighted by atomic mass is 10.2. The third kappa shape index (κ3) is 4.81. The second-order valence-electron chi connectivity index (χ2n) is 5.36. The number of benzene rings is 1. The van der Waals surface area contributed by atoms with E-state index >= 15 is 0 Å². The average molecular weight is 309 g/mol. The van der Waals surface area contributed by atoms with E-state index in [1.165, 1.54) is 0 Å². The number of halogens is 1. The Morgan fingerprint density at radius 3 is 2.90 bits per heavy atom. The van der Waals surface area contributed by atoms with Crippen LogP contribution in [-0.2, 0) is 6.54 Å². The lowest BCUT2D eigenvalue weighted by Crippen LogP contribution is -2.21. The monoisotopic (exact) mass is 308 g/mol. The van der Waals surface area contributed by atoms with Crippen molar-refractivity contribution in [1.29, 1.82) is 0 Å². The lowest BCUT2D eigenvalue weighted by Gasteiger charge is -2.09. The quantitative estimate of drug-likeness (QED) is 0.768. The number of rotatable bonds is 7. The molecule has 1 heterocycles. The van der Waals surface area contributed by atoms with Crippen LogP contribution in [0.4, 0.5) is 0 Å². The molecule has 5 nitrogen and oxygen atoms in total. The first kappa shape index (κ1) is 15.9. The standard InChI is InChI=1S/C15H21ClN4O/c1-20(2)8-4-3-7-17-10-14-18-13-9-11(16)5-6-12(13)15(21)19-14/h5-6,9,17H,3-4,7-8,10H2,1-2H3,(H,18,19,21). The molecule has 0 saturated heterocycles. The van der Waals surface area contributed by atoms with Gasteiger partial charge in [-0.05, 0) is 58.2 Å². The molecule has 21 heavy (non-hydrogen) atoms. The topological polar surface area (TPSA) is 61.0 Å². The Hall–Kier alpha value is -1.43. The van der Waals surface area contributed by atoms with E-state index in [0.717, 1.165) is 25.9 Å². The van der Waals surface area contributed by atoms with Gasteiger partial charge in [0.15, 0.2) is 0 Å². The van der Waals surface area contributed by atoms with Gasteiger partial charge in [-0.15, -0.1) is 0 Å². The van der Waals surface area contributed by atoms with Crippen molar-refractivity contribution in [1.82, 2.24) is 20.2 Å². The van der Waals surface area contributed by atoms with Crippen LogP contribution in [0.2, 0.25) is 5.02 Å². The van der Waals surface area contributed by atoms with E-state index < -0.39 is 0 Å². The Balaban J connectivity index is 1.92. The average Bonchev–Trinajstić information content (AvgIpc) is 2.41. The zero-order valence-electron chi connectivity index (χ0n) is 12.4. The highest BCUT2D eigenvalue weighted by Gasteiger charge is 2.04. The number of hydrogen-bond acceptors (Lipinski definition) is 4. The molecule has 0 unspecified atom stereocenters. The smallest absolute Gasteiger partial charge is 0.258 e. The molecule has 0 amide bonds. The Morgan fingerprint density at radius 2 is 2.14 bits per heavy atom. The second kappa shape index (κ2) is 7.54. The summed E-state index contributed by atoms with van der Waals surface area (Å²) in [5.74, 6) is 0.641. The van der Waals surface area contributed by atoms with Gasteiger partial charge in [-0.2, -0.15) is 0 Å². The maximum atomic E-state index is 11.9. The summed E-state index contributed by atoms with van der Waals surface area (Å²) < 4.78 is 0. The predicted molar refractivity (Wildman–Crippen MR) is 86.9 cm³/mol. The Morgan fingerprint density at radius 1 is 1.33 bits per heavy atom. The zero-order valence-corrected chi connectivity index (χ0v) is 13.2. The van der Waals surface area contributed by atoms with Crippen LogP contribution in [0, 0.1) is 0 Å². The summed E-state index contributed by atoms with van der Waals surface area (Å²) in [5.41, 5.74) is 0.511. The first-order chi connectivity index (χ1) is 10.1. The van der Waals surface area contributed by atoms with Gasteiger partial charge >= 0.3 is 0 Å². The minimum atomic E-state index is -0.124. The SMILES string of the molecule is CN(C)CCCCNCc1nc2cc(Cl)ccc2c(=O)[nH]1. The van der Waals surface area contributed by atoms with Crippen LogP contribution in [0.3, 0.4) is 0 Å². The molecule has 0 radical (unpaired) electrons. The Kier molecular flexibility index (Phi) is 5.73. The maximum Gasteiger partial charge on any atom is 0.258 e. The van der Waals surface area contributed by atoms with E-state index in [0.29, 0.717) is 28.3 Å². The van der Waals surface area contributed by atoms with Gasteiger partial charge in [-0.1, -0.05) is 11.6 Å². The third-order valence-corrected chi connectivity index (χ3v) is 3.45. The second-order valence-corrected chi connectivity index (χ2v) is 5.80. The fourth-order valence-corrected chi connectivity index (χ4v) is 2.30. The molecule has 2 N–H and O–H groups in total. The predicted octanol–water partition coefficient (Wildman–Crippen LogP) is 2.01. The van der Waals surface area contributed by atoms with Gasteiger partial charge in [0, 0.05) is 5.02 Å². The fourth-order valence-electron chi connectivity index (χ4n) is 2.13. The minimum absolute atomic E-state index is 0.124.